The van der Waals surface area contributed by atoms with Crippen LogP contribution < -0.4 is 10.2 Å². The van der Waals surface area contributed by atoms with Crippen LogP contribution in [0.3, 0.4) is 0 Å². The smallest absolute Gasteiger partial charge is 0.367 e. The topological polar surface area (TPSA) is 71.8 Å². The van der Waals surface area contributed by atoms with Gasteiger partial charge in [-0.25, -0.2) is 19.9 Å². The normalized spacial score (nSPS) is 15.8. The maximum absolute atomic E-state index is 13.1. The molecule has 1 saturated heterocycles. The number of alkyl halides is 3. The Balaban J connectivity index is 1.35. The fourth-order valence-electron chi connectivity index (χ4n) is 5.22. The van der Waals surface area contributed by atoms with Gasteiger partial charge in [-0.3, -0.25) is 0 Å². The van der Waals surface area contributed by atoms with E-state index in [2.05, 4.69) is 42.1 Å². The second kappa shape index (κ2) is 10.2. The van der Waals surface area contributed by atoms with Gasteiger partial charge in [0.2, 0.25) is 5.95 Å². The van der Waals surface area contributed by atoms with Crippen molar-refractivity contribution < 1.29 is 13.2 Å². The lowest BCUT2D eigenvalue weighted by atomic mass is 9.90. The van der Waals surface area contributed by atoms with E-state index >= 15 is 0 Å². The number of hydrogen-bond acceptors (Lipinski definition) is 6. The molecular formula is C28H32F3N7. The number of piperidine rings is 1. The van der Waals surface area contributed by atoms with Crippen LogP contribution in [0.5, 0.6) is 0 Å². The second-order valence-electron chi connectivity index (χ2n) is 10.3. The molecule has 200 valence electrons. The first-order valence-electron chi connectivity index (χ1n) is 13.0. The molecule has 0 bridgehead atoms. The Kier molecular flexibility index (Phi) is 6.98. The number of anilines is 2. The van der Waals surface area contributed by atoms with E-state index in [4.69, 9.17) is 9.97 Å². The summed E-state index contributed by atoms with van der Waals surface area (Å²) in [5.74, 6) is 2.38. The van der Waals surface area contributed by atoms with Gasteiger partial charge in [0, 0.05) is 44.1 Å². The van der Waals surface area contributed by atoms with Crippen LogP contribution in [0.4, 0.5) is 24.9 Å². The van der Waals surface area contributed by atoms with Crippen molar-refractivity contribution in [2.24, 2.45) is 13.0 Å². The summed E-state index contributed by atoms with van der Waals surface area (Å²) < 4.78 is 40.8. The van der Waals surface area contributed by atoms with Crippen LogP contribution in [0.25, 0.3) is 22.4 Å². The molecule has 10 heteroatoms. The highest BCUT2D eigenvalue weighted by Crippen LogP contribution is 2.33. The third-order valence-electron chi connectivity index (χ3n) is 7.33. The molecule has 0 saturated carbocycles. The first kappa shape index (κ1) is 25.9. The SMILES string of the molecule is CC(C)c1ccccc1-c1nc(N[C@H](C)C2CCN(c3nc(C(F)(F)F)cn3C)CC2)c2cccnc2n1. The van der Waals surface area contributed by atoms with Crippen molar-refractivity contribution in [1.29, 1.82) is 0 Å². The Bertz CT molecular complexity index is 1420. The van der Waals surface area contributed by atoms with Crippen molar-refractivity contribution in [1.82, 2.24) is 24.5 Å². The maximum Gasteiger partial charge on any atom is 0.434 e. The van der Waals surface area contributed by atoms with Crippen LogP contribution >= 0.6 is 0 Å². The van der Waals surface area contributed by atoms with Gasteiger partial charge in [0.1, 0.15) is 5.82 Å². The fourth-order valence-corrected chi connectivity index (χ4v) is 5.22. The van der Waals surface area contributed by atoms with Crippen LogP contribution in [-0.4, -0.2) is 43.6 Å². The molecule has 0 radical (unpaired) electrons. The monoisotopic (exact) mass is 523 g/mol. The predicted octanol–water partition coefficient (Wildman–Crippen LogP) is 6.28. The van der Waals surface area contributed by atoms with Gasteiger partial charge in [0.25, 0.3) is 0 Å². The molecule has 0 aliphatic carbocycles. The van der Waals surface area contributed by atoms with E-state index in [9.17, 15) is 13.2 Å². The Morgan fingerprint density at radius 2 is 1.71 bits per heavy atom. The molecule has 3 aromatic heterocycles. The fraction of sp³-hybridized carbons (Fsp3) is 0.429. The Labute approximate surface area is 220 Å². The molecular weight excluding hydrogens is 491 g/mol. The van der Waals surface area contributed by atoms with E-state index in [1.165, 1.54) is 10.1 Å². The molecule has 1 fully saturated rings. The zero-order valence-corrected chi connectivity index (χ0v) is 22.0. The number of imidazole rings is 1. The van der Waals surface area contributed by atoms with E-state index in [1.807, 2.05) is 35.2 Å². The molecule has 1 aliphatic heterocycles. The highest BCUT2D eigenvalue weighted by molar-refractivity contribution is 5.88. The predicted molar refractivity (Wildman–Crippen MR) is 143 cm³/mol. The number of rotatable bonds is 6. The molecule has 0 unspecified atom stereocenters. The summed E-state index contributed by atoms with van der Waals surface area (Å²) in [6, 6.07) is 12.1. The number of fused-ring (bicyclic) bond motifs is 1. The lowest BCUT2D eigenvalue weighted by Crippen LogP contribution is -2.40. The van der Waals surface area contributed by atoms with E-state index in [-0.39, 0.29) is 6.04 Å². The number of hydrogen-bond donors (Lipinski definition) is 1. The minimum absolute atomic E-state index is 0.0933. The average Bonchev–Trinajstić information content (AvgIpc) is 3.31. The molecule has 1 aromatic carbocycles. The van der Waals surface area contributed by atoms with Gasteiger partial charge in [-0.2, -0.15) is 13.2 Å². The Morgan fingerprint density at radius 3 is 2.39 bits per heavy atom. The van der Waals surface area contributed by atoms with Gasteiger partial charge in [0.15, 0.2) is 17.2 Å². The first-order valence-corrected chi connectivity index (χ1v) is 13.0. The highest BCUT2D eigenvalue weighted by atomic mass is 19.4. The standard InChI is InChI=1S/C28H32F3N7/c1-17(2)20-8-5-6-9-21(20)25-35-24-22(10-7-13-32-24)26(36-25)33-18(3)19-11-14-38(15-12-19)27-34-23(16-37(27)4)28(29,30)31/h5-10,13,16-19H,11-12,14-15H2,1-4H3,(H,32,33,35,36)/t18-/m1/s1. The molecule has 1 N–H and O–H groups in total. The van der Waals surface area contributed by atoms with Gasteiger partial charge in [-0.1, -0.05) is 38.1 Å². The van der Waals surface area contributed by atoms with Gasteiger partial charge < -0.3 is 14.8 Å². The molecule has 1 aliphatic rings. The molecule has 1 atom stereocenters. The van der Waals surface area contributed by atoms with Gasteiger partial charge in [-0.05, 0) is 49.3 Å². The van der Waals surface area contributed by atoms with Gasteiger partial charge in [-0.15, -0.1) is 0 Å². The number of halogens is 3. The van der Waals surface area contributed by atoms with E-state index in [1.54, 1.807) is 13.2 Å². The average molecular weight is 524 g/mol. The van der Waals surface area contributed by atoms with E-state index in [0.29, 0.717) is 42.3 Å². The van der Waals surface area contributed by atoms with Crippen molar-refractivity contribution >= 4 is 22.8 Å². The van der Waals surface area contributed by atoms with Crippen molar-refractivity contribution in [2.75, 3.05) is 23.3 Å². The first-order chi connectivity index (χ1) is 18.1. The van der Waals surface area contributed by atoms with E-state index < -0.39 is 11.9 Å². The highest BCUT2D eigenvalue weighted by Gasteiger charge is 2.36. The third kappa shape index (κ3) is 5.16. The summed E-state index contributed by atoms with van der Waals surface area (Å²) in [6.07, 6.45) is -0.0110. The number of pyridine rings is 1. The summed E-state index contributed by atoms with van der Waals surface area (Å²) in [5, 5.41) is 4.48. The second-order valence-corrected chi connectivity index (χ2v) is 10.3. The van der Waals surface area contributed by atoms with Crippen LogP contribution in [0.15, 0.2) is 48.8 Å². The van der Waals surface area contributed by atoms with Crippen molar-refractivity contribution in [3.63, 3.8) is 0 Å². The van der Waals surface area contributed by atoms with Gasteiger partial charge >= 0.3 is 6.18 Å². The molecule has 0 spiro atoms. The Hall–Kier alpha value is -3.69. The summed E-state index contributed by atoms with van der Waals surface area (Å²) in [6.45, 7) is 7.71. The zero-order chi connectivity index (χ0) is 27.0. The van der Waals surface area contributed by atoms with Crippen molar-refractivity contribution in [3.8, 4) is 11.4 Å². The molecule has 5 rings (SSSR count). The summed E-state index contributed by atoms with van der Waals surface area (Å²) >= 11 is 0. The van der Waals surface area contributed by atoms with Crippen LogP contribution in [0, 0.1) is 5.92 Å². The van der Waals surface area contributed by atoms with Gasteiger partial charge in [0.05, 0.1) is 5.39 Å². The van der Waals surface area contributed by atoms with E-state index in [0.717, 1.165) is 35.8 Å². The van der Waals surface area contributed by atoms with Crippen molar-refractivity contribution in [3.05, 3.63) is 60.0 Å². The largest absolute Gasteiger partial charge is 0.434 e. The maximum atomic E-state index is 13.1. The van der Waals surface area contributed by atoms with Crippen LogP contribution in [-0.2, 0) is 13.2 Å². The zero-order valence-electron chi connectivity index (χ0n) is 22.0. The molecule has 0 amide bonds. The minimum atomic E-state index is -4.45. The summed E-state index contributed by atoms with van der Waals surface area (Å²) in [7, 11) is 1.61. The summed E-state index contributed by atoms with van der Waals surface area (Å²) in [4.78, 5) is 20.0. The number of aromatic nitrogens is 5. The molecule has 7 nitrogen and oxygen atoms in total. The van der Waals surface area contributed by atoms with Crippen LogP contribution in [0.1, 0.15) is 50.8 Å². The quantitative estimate of drug-likeness (QED) is 0.321. The van der Waals surface area contributed by atoms with Crippen molar-refractivity contribution in [2.45, 2.75) is 51.7 Å². The number of nitrogens with zero attached hydrogens (tertiary/aromatic N) is 6. The minimum Gasteiger partial charge on any atom is -0.367 e. The number of benzene rings is 1. The molecule has 4 aromatic rings. The summed E-state index contributed by atoms with van der Waals surface area (Å²) in [5.41, 5.74) is 1.95. The molecule has 38 heavy (non-hydrogen) atoms. The number of aryl methyl sites for hydroxylation is 1. The Morgan fingerprint density at radius 1 is 0.974 bits per heavy atom. The third-order valence-corrected chi connectivity index (χ3v) is 7.33. The number of nitrogens with one attached hydrogen (secondary N) is 1. The molecule has 4 heterocycles. The lowest BCUT2D eigenvalue weighted by molar-refractivity contribution is -0.140. The van der Waals surface area contributed by atoms with Crippen LogP contribution in [0.2, 0.25) is 0 Å². The lowest BCUT2D eigenvalue weighted by Gasteiger charge is -2.35.